The van der Waals surface area contributed by atoms with Crippen molar-refractivity contribution in [3.8, 4) is 17.0 Å². The molecule has 1 amide bonds. The first-order chi connectivity index (χ1) is 14.9. The molecule has 5 rings (SSSR count). The molecule has 1 aliphatic heterocycles. The quantitative estimate of drug-likeness (QED) is 0.451. The van der Waals surface area contributed by atoms with E-state index in [4.69, 9.17) is 11.6 Å². The minimum atomic E-state index is -0.625. The summed E-state index contributed by atoms with van der Waals surface area (Å²) in [7, 11) is 0. The summed E-state index contributed by atoms with van der Waals surface area (Å²) in [4.78, 5) is 42.8. The monoisotopic (exact) mass is 434 g/mol. The highest BCUT2D eigenvalue weighted by Gasteiger charge is 2.29. The fourth-order valence-electron chi connectivity index (χ4n) is 4.04. The smallest absolute Gasteiger partial charge is 0.279 e. The number of halogens is 1. The molecule has 0 spiro atoms. The molecule has 9 heteroatoms. The second-order valence-corrected chi connectivity index (χ2v) is 7.51. The van der Waals surface area contributed by atoms with Crippen molar-refractivity contribution in [3.05, 3.63) is 84.3 Å². The Balaban J connectivity index is 1.92. The molecule has 0 bridgehead atoms. The molecule has 0 fully saturated rings. The fraction of sp³-hybridized carbons (Fsp3) is 0.0909. The summed E-state index contributed by atoms with van der Waals surface area (Å²) in [5, 5.41) is 17.7. The minimum Gasteiger partial charge on any atom is -0.506 e. The highest BCUT2D eigenvalue weighted by molar-refractivity contribution is 6.30. The number of aromatic amines is 2. The zero-order chi connectivity index (χ0) is 21.9. The maximum Gasteiger partial charge on any atom is 0.279 e. The minimum absolute atomic E-state index is 0.0294. The summed E-state index contributed by atoms with van der Waals surface area (Å²) in [5.74, 6) is -0.902. The molecule has 2 aromatic carbocycles. The van der Waals surface area contributed by atoms with E-state index in [1.807, 2.05) is 6.92 Å². The number of aryl methyl sites for hydroxylation is 1. The number of pyridine rings is 1. The Morgan fingerprint density at radius 3 is 2.61 bits per heavy atom. The average Bonchev–Trinajstić information content (AvgIpc) is 3.26. The molecule has 0 saturated carbocycles. The maximum absolute atomic E-state index is 13.3. The summed E-state index contributed by atoms with van der Waals surface area (Å²) < 4.78 is 1.50. The second kappa shape index (κ2) is 6.82. The van der Waals surface area contributed by atoms with Crippen LogP contribution in [0.4, 0.5) is 0 Å². The van der Waals surface area contributed by atoms with Crippen LogP contribution in [0, 0.1) is 0 Å². The molecule has 31 heavy (non-hydrogen) atoms. The van der Waals surface area contributed by atoms with Crippen LogP contribution >= 0.6 is 11.6 Å². The first-order valence-electron chi connectivity index (χ1n) is 9.51. The molecule has 0 atom stereocenters. The number of nitrogens with zero attached hydrogens (tertiary/aromatic N) is 2. The van der Waals surface area contributed by atoms with Crippen LogP contribution in [0.3, 0.4) is 0 Å². The van der Waals surface area contributed by atoms with Crippen LogP contribution in [-0.2, 0) is 11.3 Å². The topological polar surface area (TPSA) is 120 Å². The molecule has 0 saturated heterocycles. The molecule has 4 aromatic rings. The number of hydrogen-bond acceptors (Lipinski definition) is 4. The van der Waals surface area contributed by atoms with E-state index < -0.39 is 17.0 Å². The van der Waals surface area contributed by atoms with Gasteiger partial charge in [0.2, 0.25) is 0 Å². The molecule has 2 aromatic heterocycles. The number of aromatic hydroxyl groups is 1. The van der Waals surface area contributed by atoms with Crippen LogP contribution < -0.4 is 21.7 Å². The van der Waals surface area contributed by atoms with E-state index in [1.54, 1.807) is 36.4 Å². The largest absolute Gasteiger partial charge is 0.506 e. The Hall–Kier alpha value is -3.91. The normalized spacial score (nSPS) is 13.0. The number of fused-ring (bicyclic) bond motifs is 2. The molecule has 0 radical (unpaired) electrons. The second-order valence-electron chi connectivity index (χ2n) is 7.07. The molecule has 1 aliphatic rings. The number of benzene rings is 2. The van der Waals surface area contributed by atoms with Gasteiger partial charge in [0.15, 0.2) is 0 Å². The van der Waals surface area contributed by atoms with E-state index in [1.165, 1.54) is 10.6 Å². The van der Waals surface area contributed by atoms with Crippen LogP contribution in [0.5, 0.6) is 5.75 Å². The Bertz CT molecular complexity index is 1660. The van der Waals surface area contributed by atoms with Crippen molar-refractivity contribution < 1.29 is 9.90 Å². The van der Waals surface area contributed by atoms with E-state index in [0.29, 0.717) is 33.0 Å². The number of amides is 1. The van der Waals surface area contributed by atoms with Gasteiger partial charge < -0.3 is 9.67 Å². The zero-order valence-corrected chi connectivity index (χ0v) is 16.9. The van der Waals surface area contributed by atoms with Gasteiger partial charge in [-0.2, -0.15) is 0 Å². The summed E-state index contributed by atoms with van der Waals surface area (Å²) >= 11 is 6.00. The lowest BCUT2D eigenvalue weighted by Crippen LogP contribution is -2.25. The van der Waals surface area contributed by atoms with Gasteiger partial charge in [-0.1, -0.05) is 29.8 Å². The van der Waals surface area contributed by atoms with Crippen LogP contribution in [0.15, 0.2) is 57.0 Å². The maximum atomic E-state index is 13.3. The van der Waals surface area contributed by atoms with Gasteiger partial charge in [-0.15, -0.1) is 0 Å². The highest BCUT2D eigenvalue weighted by atomic mass is 35.5. The molecule has 3 N–H and O–H groups in total. The number of nitrogens with one attached hydrogen (secondary N) is 2. The lowest BCUT2D eigenvalue weighted by Gasteiger charge is -2.13. The van der Waals surface area contributed by atoms with Gasteiger partial charge in [0.1, 0.15) is 11.3 Å². The average molecular weight is 435 g/mol. The SMILES string of the molecule is CCn1c(=O)c(-c2[nH][nH]c(=O)c2C2=c3ccc(Cl)cc3=NC2=O)c(O)c2ccccc21. The van der Waals surface area contributed by atoms with Crippen molar-refractivity contribution in [2.45, 2.75) is 13.5 Å². The molecule has 0 aliphatic carbocycles. The van der Waals surface area contributed by atoms with E-state index >= 15 is 0 Å². The van der Waals surface area contributed by atoms with E-state index in [9.17, 15) is 19.5 Å². The molecule has 154 valence electrons. The third-order valence-corrected chi connectivity index (χ3v) is 5.64. The van der Waals surface area contributed by atoms with Crippen LogP contribution in [0.1, 0.15) is 12.5 Å². The lowest BCUT2D eigenvalue weighted by molar-refractivity contribution is -0.112. The van der Waals surface area contributed by atoms with Gasteiger partial charge in [0, 0.05) is 22.2 Å². The van der Waals surface area contributed by atoms with Crippen molar-refractivity contribution >= 4 is 34.0 Å². The summed E-state index contributed by atoms with van der Waals surface area (Å²) in [6.07, 6.45) is 0. The van der Waals surface area contributed by atoms with Gasteiger partial charge in [-0.05, 0) is 31.2 Å². The van der Waals surface area contributed by atoms with Crippen molar-refractivity contribution in [1.82, 2.24) is 14.8 Å². The Morgan fingerprint density at radius 2 is 1.84 bits per heavy atom. The molecular formula is C22H15ClN4O4. The third kappa shape index (κ3) is 2.69. The van der Waals surface area contributed by atoms with Gasteiger partial charge in [0.05, 0.1) is 27.7 Å². The number of rotatable bonds is 3. The number of H-pyrrole nitrogens is 2. The highest BCUT2D eigenvalue weighted by Crippen LogP contribution is 2.34. The Labute approximate surface area is 178 Å². The van der Waals surface area contributed by atoms with Gasteiger partial charge in [-0.25, -0.2) is 4.99 Å². The summed E-state index contributed by atoms with van der Waals surface area (Å²) in [5.41, 5.74) is -0.617. The van der Waals surface area contributed by atoms with Crippen molar-refractivity contribution in [2.75, 3.05) is 0 Å². The summed E-state index contributed by atoms with van der Waals surface area (Å²) in [6, 6.07) is 11.6. The molecule has 0 unspecified atom stereocenters. The van der Waals surface area contributed by atoms with Crippen molar-refractivity contribution in [2.24, 2.45) is 4.99 Å². The number of carbonyl (C=O) groups is 1. The van der Waals surface area contributed by atoms with Crippen LogP contribution in [-0.4, -0.2) is 25.8 Å². The van der Waals surface area contributed by atoms with Gasteiger partial charge >= 0.3 is 0 Å². The van der Waals surface area contributed by atoms with Crippen LogP contribution in [0.25, 0.3) is 27.7 Å². The standard InChI is InChI=1S/C22H15ClN4O4/c1-2-27-14-6-4-3-5-12(14)19(28)17(22(27)31)18-16(21(30)26-25-18)15-11-8-7-10(23)9-13(11)24-20(15)29/h3-9,28H,2H2,1H3,(H2,25,26,30). The first kappa shape index (κ1) is 19.1. The van der Waals surface area contributed by atoms with E-state index in [0.717, 1.165) is 0 Å². The molecule has 8 nitrogen and oxygen atoms in total. The number of para-hydroxylation sites is 1. The lowest BCUT2D eigenvalue weighted by atomic mass is 9.98. The Morgan fingerprint density at radius 1 is 1.06 bits per heavy atom. The third-order valence-electron chi connectivity index (χ3n) is 5.41. The first-order valence-corrected chi connectivity index (χ1v) is 9.89. The van der Waals surface area contributed by atoms with Crippen molar-refractivity contribution in [3.63, 3.8) is 0 Å². The van der Waals surface area contributed by atoms with Crippen molar-refractivity contribution in [1.29, 1.82) is 0 Å². The number of carbonyl (C=O) groups excluding carboxylic acids is 1. The fourth-order valence-corrected chi connectivity index (χ4v) is 4.21. The zero-order valence-electron chi connectivity index (χ0n) is 16.2. The van der Waals surface area contributed by atoms with Gasteiger partial charge in [-0.3, -0.25) is 24.6 Å². The Kier molecular flexibility index (Phi) is 4.19. The predicted octanol–water partition coefficient (Wildman–Crippen LogP) is 1.42. The summed E-state index contributed by atoms with van der Waals surface area (Å²) in [6.45, 7) is 2.16. The van der Waals surface area contributed by atoms with E-state index in [-0.39, 0.29) is 28.1 Å². The molecular weight excluding hydrogens is 420 g/mol. The van der Waals surface area contributed by atoms with E-state index in [2.05, 4.69) is 15.2 Å². The number of aromatic nitrogens is 3. The molecule has 3 heterocycles. The number of hydrogen-bond donors (Lipinski definition) is 3. The van der Waals surface area contributed by atoms with Crippen LogP contribution in [0.2, 0.25) is 5.02 Å². The predicted molar refractivity (Wildman–Crippen MR) is 116 cm³/mol. The van der Waals surface area contributed by atoms with Gasteiger partial charge in [0.25, 0.3) is 17.0 Å².